The van der Waals surface area contributed by atoms with E-state index < -0.39 is 0 Å². The highest BCUT2D eigenvalue weighted by molar-refractivity contribution is 9.10. The molecule has 1 atom stereocenters. The van der Waals surface area contributed by atoms with Crippen molar-refractivity contribution in [1.29, 1.82) is 0 Å². The van der Waals surface area contributed by atoms with E-state index in [4.69, 9.17) is 0 Å². The Morgan fingerprint density at radius 3 is 3.33 bits per heavy atom. The highest BCUT2D eigenvalue weighted by Gasteiger charge is 2.19. The number of H-pyrrole nitrogens is 1. The predicted octanol–water partition coefficient (Wildman–Crippen LogP) is 2.04. The van der Waals surface area contributed by atoms with Crippen LogP contribution in [0.15, 0.2) is 22.2 Å². The molecular formula is C12H15BrN4S. The normalized spacial score (nSPS) is 18.8. The molecule has 96 valence electrons. The summed E-state index contributed by atoms with van der Waals surface area (Å²) < 4.78 is 1.20. The van der Waals surface area contributed by atoms with E-state index in [9.17, 15) is 0 Å². The van der Waals surface area contributed by atoms with Crippen molar-refractivity contribution < 1.29 is 0 Å². The first-order chi connectivity index (χ1) is 8.83. The second kappa shape index (κ2) is 5.52. The average Bonchev–Trinajstić information content (AvgIpc) is 2.98. The Hall–Kier alpha value is -0.690. The van der Waals surface area contributed by atoms with Crippen LogP contribution in [-0.2, 0) is 19.5 Å². The third-order valence-electron chi connectivity index (χ3n) is 3.18. The molecule has 3 rings (SSSR count). The quantitative estimate of drug-likeness (QED) is 0.805. The summed E-state index contributed by atoms with van der Waals surface area (Å²) in [6.07, 6.45) is 2.78. The van der Waals surface area contributed by atoms with Crippen LogP contribution in [0.25, 0.3) is 0 Å². The summed E-state index contributed by atoms with van der Waals surface area (Å²) in [5, 5.41) is 9.12. The second-order valence-corrected chi connectivity index (χ2v) is 6.29. The smallest absolute Gasteiger partial charge is 0.0925 e. The number of thiophene rings is 1. The summed E-state index contributed by atoms with van der Waals surface area (Å²) in [5.41, 5.74) is 2.44. The van der Waals surface area contributed by atoms with Gasteiger partial charge in [0.2, 0.25) is 0 Å². The number of aromatic nitrogens is 2. The fraction of sp³-hybridized carbons (Fsp3) is 0.417. The maximum Gasteiger partial charge on any atom is 0.0925 e. The van der Waals surface area contributed by atoms with Gasteiger partial charge >= 0.3 is 0 Å². The monoisotopic (exact) mass is 326 g/mol. The van der Waals surface area contributed by atoms with Crippen molar-refractivity contribution in [2.45, 2.75) is 25.6 Å². The molecule has 1 aliphatic rings. The molecular weight excluding hydrogens is 312 g/mol. The molecule has 0 radical (unpaired) electrons. The lowest BCUT2D eigenvalue weighted by Gasteiger charge is -2.23. The molecule has 0 saturated carbocycles. The van der Waals surface area contributed by atoms with Gasteiger partial charge in [-0.1, -0.05) is 0 Å². The van der Waals surface area contributed by atoms with E-state index in [0.717, 1.165) is 26.1 Å². The van der Waals surface area contributed by atoms with E-state index in [1.54, 1.807) is 17.7 Å². The second-order valence-electron chi connectivity index (χ2n) is 4.43. The summed E-state index contributed by atoms with van der Waals surface area (Å²) in [7, 11) is 0. The molecule has 0 bridgehead atoms. The van der Waals surface area contributed by atoms with Gasteiger partial charge in [0.25, 0.3) is 0 Å². The summed E-state index contributed by atoms with van der Waals surface area (Å²) >= 11 is 5.33. The van der Waals surface area contributed by atoms with Gasteiger partial charge in [-0.05, 0) is 27.4 Å². The summed E-state index contributed by atoms with van der Waals surface area (Å²) in [4.78, 5) is 8.87. The zero-order chi connectivity index (χ0) is 12.4. The van der Waals surface area contributed by atoms with Crippen molar-refractivity contribution in [2.75, 3.05) is 6.54 Å². The van der Waals surface area contributed by atoms with Gasteiger partial charge in [-0.15, -0.1) is 11.3 Å². The Kier molecular flexibility index (Phi) is 3.79. The number of halogens is 1. The van der Waals surface area contributed by atoms with Crippen molar-refractivity contribution >= 4 is 27.3 Å². The highest BCUT2D eigenvalue weighted by Crippen LogP contribution is 2.22. The Bertz CT molecular complexity index is 522. The molecule has 18 heavy (non-hydrogen) atoms. The summed E-state index contributed by atoms with van der Waals surface area (Å²) in [6.45, 7) is 2.78. The molecule has 4 nitrogen and oxygen atoms in total. The van der Waals surface area contributed by atoms with Crippen LogP contribution in [0.4, 0.5) is 0 Å². The number of rotatable bonds is 4. The molecule has 0 aromatic carbocycles. The molecule has 0 amide bonds. The molecule has 0 spiro atoms. The van der Waals surface area contributed by atoms with Crippen LogP contribution in [0.1, 0.15) is 16.3 Å². The number of nitrogens with one attached hydrogen (secondary N) is 3. The highest BCUT2D eigenvalue weighted by atomic mass is 79.9. The molecule has 1 unspecified atom stereocenters. The molecule has 2 aromatic heterocycles. The number of aromatic amines is 1. The van der Waals surface area contributed by atoms with Crippen molar-refractivity contribution in [3.05, 3.63) is 38.5 Å². The van der Waals surface area contributed by atoms with E-state index in [0.29, 0.717) is 6.04 Å². The predicted molar refractivity (Wildman–Crippen MR) is 76.6 cm³/mol. The number of hydrogen-bond acceptors (Lipinski definition) is 4. The largest absolute Gasteiger partial charge is 0.347 e. The van der Waals surface area contributed by atoms with Crippen molar-refractivity contribution in [3.63, 3.8) is 0 Å². The molecule has 0 saturated heterocycles. The van der Waals surface area contributed by atoms with Gasteiger partial charge in [-0.3, -0.25) is 0 Å². The molecule has 6 heteroatoms. The number of imidazole rings is 1. The Balaban J connectivity index is 1.49. The lowest BCUT2D eigenvalue weighted by Crippen LogP contribution is -2.42. The van der Waals surface area contributed by atoms with E-state index in [2.05, 4.69) is 48.0 Å². The Morgan fingerprint density at radius 2 is 2.50 bits per heavy atom. The number of fused-ring (bicyclic) bond motifs is 1. The van der Waals surface area contributed by atoms with Gasteiger partial charge in [-0.2, -0.15) is 0 Å². The van der Waals surface area contributed by atoms with E-state index in [-0.39, 0.29) is 0 Å². The summed E-state index contributed by atoms with van der Waals surface area (Å²) in [5.74, 6) is 0. The zero-order valence-electron chi connectivity index (χ0n) is 9.87. The Labute approximate surface area is 118 Å². The minimum Gasteiger partial charge on any atom is -0.347 e. The van der Waals surface area contributed by atoms with Crippen LogP contribution in [0, 0.1) is 0 Å². The molecule has 1 aliphatic heterocycles. The van der Waals surface area contributed by atoms with E-state index in [1.807, 2.05) is 0 Å². The van der Waals surface area contributed by atoms with Gasteiger partial charge in [0.15, 0.2) is 0 Å². The zero-order valence-corrected chi connectivity index (χ0v) is 12.3. The first-order valence-corrected chi connectivity index (χ1v) is 7.67. The Morgan fingerprint density at radius 1 is 1.56 bits per heavy atom. The lowest BCUT2D eigenvalue weighted by atomic mass is 10.1. The topological polar surface area (TPSA) is 52.7 Å². The van der Waals surface area contributed by atoms with Crippen LogP contribution < -0.4 is 10.6 Å². The summed E-state index contributed by atoms with van der Waals surface area (Å²) in [6, 6.07) is 2.57. The minimum atomic E-state index is 0.472. The lowest BCUT2D eigenvalue weighted by molar-refractivity contribution is 0.441. The van der Waals surface area contributed by atoms with E-state index >= 15 is 0 Å². The fourth-order valence-corrected chi connectivity index (χ4v) is 3.65. The average molecular weight is 327 g/mol. The van der Waals surface area contributed by atoms with Crippen LogP contribution in [-0.4, -0.2) is 22.6 Å². The SMILES string of the molecule is Brc1ccsc1CNCC1Cc2nc[nH]c2CN1. The van der Waals surface area contributed by atoms with Crippen LogP contribution >= 0.6 is 27.3 Å². The minimum absolute atomic E-state index is 0.472. The third-order valence-corrected chi connectivity index (χ3v) is 5.11. The third kappa shape index (κ3) is 2.66. The van der Waals surface area contributed by atoms with Crippen LogP contribution in [0.2, 0.25) is 0 Å². The first kappa shape index (κ1) is 12.3. The number of hydrogen-bond donors (Lipinski definition) is 3. The molecule has 3 heterocycles. The van der Waals surface area contributed by atoms with Gasteiger partial charge in [0, 0.05) is 41.4 Å². The number of nitrogens with zero attached hydrogens (tertiary/aromatic N) is 1. The first-order valence-electron chi connectivity index (χ1n) is 6.00. The molecule has 2 aromatic rings. The maximum absolute atomic E-state index is 4.35. The van der Waals surface area contributed by atoms with Crippen LogP contribution in [0.3, 0.4) is 0 Å². The molecule has 0 fully saturated rings. The van der Waals surface area contributed by atoms with Gasteiger partial charge < -0.3 is 15.6 Å². The van der Waals surface area contributed by atoms with Gasteiger partial charge in [0.05, 0.1) is 17.7 Å². The molecule has 3 N–H and O–H groups in total. The van der Waals surface area contributed by atoms with Crippen molar-refractivity contribution in [3.8, 4) is 0 Å². The van der Waals surface area contributed by atoms with Crippen molar-refractivity contribution in [1.82, 2.24) is 20.6 Å². The van der Waals surface area contributed by atoms with Gasteiger partial charge in [-0.25, -0.2) is 4.98 Å². The molecule has 0 aliphatic carbocycles. The maximum atomic E-state index is 4.35. The fourth-order valence-electron chi connectivity index (χ4n) is 2.19. The van der Waals surface area contributed by atoms with Gasteiger partial charge in [0.1, 0.15) is 0 Å². The standard InChI is InChI=1S/C12H15BrN4S/c13-9-1-2-18-12(9)6-14-4-8-3-10-11(5-15-8)17-7-16-10/h1-2,7-8,14-15H,3-6H2,(H,16,17). The van der Waals surface area contributed by atoms with Crippen molar-refractivity contribution in [2.24, 2.45) is 0 Å². The van der Waals surface area contributed by atoms with E-state index in [1.165, 1.54) is 20.7 Å². The van der Waals surface area contributed by atoms with Crippen LogP contribution in [0.5, 0.6) is 0 Å².